The minimum atomic E-state index is -1.29. The molecule has 34 heavy (non-hydrogen) atoms. The zero-order valence-corrected chi connectivity index (χ0v) is 19.9. The van der Waals surface area contributed by atoms with E-state index in [2.05, 4.69) is 29.6 Å². The van der Waals surface area contributed by atoms with Crippen molar-refractivity contribution >= 4 is 18.0 Å². The highest BCUT2D eigenvalue weighted by Gasteiger charge is 2.38. The second kappa shape index (κ2) is 9.49. The zero-order valence-electron chi connectivity index (χ0n) is 19.9. The summed E-state index contributed by atoms with van der Waals surface area (Å²) in [5.41, 5.74) is 3.38. The van der Waals surface area contributed by atoms with Gasteiger partial charge in [-0.05, 0) is 54.9 Å². The van der Waals surface area contributed by atoms with Crippen LogP contribution < -0.4 is 5.32 Å². The Hall–Kier alpha value is -3.35. The van der Waals surface area contributed by atoms with Crippen LogP contribution in [-0.4, -0.2) is 53.2 Å². The van der Waals surface area contributed by atoms with Crippen LogP contribution in [0, 0.1) is 5.92 Å². The van der Waals surface area contributed by atoms with Gasteiger partial charge in [-0.25, -0.2) is 9.59 Å². The molecule has 180 valence electrons. The van der Waals surface area contributed by atoms with Crippen molar-refractivity contribution in [1.29, 1.82) is 0 Å². The Morgan fingerprint density at radius 2 is 1.62 bits per heavy atom. The summed E-state index contributed by atoms with van der Waals surface area (Å²) in [5.74, 6) is -1.34. The standard InChI is InChI=1S/C27H32N2O5/c1-27(2,25(31)32)29(3)24(30)15-17-9-8-14-23(17)28-26(33)34-16-22-20-12-6-4-10-18(20)19-11-5-7-13-21(19)22/h4-7,10-13,17,22-23H,8-9,14-16H2,1-3H3,(H,28,33)(H,31,32). The lowest BCUT2D eigenvalue weighted by atomic mass is 9.96. The summed E-state index contributed by atoms with van der Waals surface area (Å²) in [6.45, 7) is 3.26. The Morgan fingerprint density at radius 3 is 2.21 bits per heavy atom. The van der Waals surface area contributed by atoms with Gasteiger partial charge in [-0.2, -0.15) is 0 Å². The van der Waals surface area contributed by atoms with E-state index in [1.807, 2.05) is 24.3 Å². The highest BCUT2D eigenvalue weighted by atomic mass is 16.5. The Morgan fingerprint density at radius 1 is 1.03 bits per heavy atom. The molecule has 2 aliphatic carbocycles. The molecule has 0 radical (unpaired) electrons. The first kappa shape index (κ1) is 23.8. The third kappa shape index (κ3) is 4.52. The number of hydrogen-bond acceptors (Lipinski definition) is 4. The number of rotatable bonds is 7. The molecule has 1 saturated carbocycles. The topological polar surface area (TPSA) is 95.9 Å². The summed E-state index contributed by atoms with van der Waals surface area (Å²) in [4.78, 5) is 38.2. The van der Waals surface area contributed by atoms with E-state index in [9.17, 15) is 19.5 Å². The maximum Gasteiger partial charge on any atom is 0.407 e. The minimum absolute atomic E-state index is 0.00833. The largest absolute Gasteiger partial charge is 0.480 e. The van der Waals surface area contributed by atoms with E-state index in [1.165, 1.54) is 36.9 Å². The molecule has 0 aromatic heterocycles. The number of carboxylic acids is 1. The molecule has 0 aliphatic heterocycles. The van der Waals surface area contributed by atoms with Gasteiger partial charge in [-0.1, -0.05) is 55.0 Å². The summed E-state index contributed by atoms with van der Waals surface area (Å²) < 4.78 is 5.66. The van der Waals surface area contributed by atoms with Crippen LogP contribution in [0.3, 0.4) is 0 Å². The number of likely N-dealkylation sites (N-methyl/N-ethyl adjacent to an activating group) is 1. The monoisotopic (exact) mass is 464 g/mol. The van der Waals surface area contributed by atoms with Crippen LogP contribution >= 0.6 is 0 Å². The van der Waals surface area contributed by atoms with Crippen molar-refractivity contribution in [1.82, 2.24) is 10.2 Å². The van der Waals surface area contributed by atoms with Crippen molar-refractivity contribution in [3.05, 3.63) is 59.7 Å². The van der Waals surface area contributed by atoms with Crippen molar-refractivity contribution in [2.75, 3.05) is 13.7 Å². The number of hydrogen-bond donors (Lipinski definition) is 2. The third-order valence-electron chi connectivity index (χ3n) is 7.48. The van der Waals surface area contributed by atoms with E-state index >= 15 is 0 Å². The maximum absolute atomic E-state index is 12.7. The predicted octanol–water partition coefficient (Wildman–Crippen LogP) is 4.41. The summed E-state index contributed by atoms with van der Waals surface area (Å²) in [6.07, 6.45) is 2.19. The first-order valence-electron chi connectivity index (χ1n) is 11.8. The van der Waals surface area contributed by atoms with E-state index in [0.29, 0.717) is 0 Å². The van der Waals surface area contributed by atoms with Gasteiger partial charge in [-0.3, -0.25) is 4.79 Å². The molecule has 7 heteroatoms. The van der Waals surface area contributed by atoms with Gasteiger partial charge < -0.3 is 20.1 Å². The molecular weight excluding hydrogens is 432 g/mol. The van der Waals surface area contributed by atoms with Crippen molar-refractivity contribution in [3.8, 4) is 11.1 Å². The van der Waals surface area contributed by atoms with E-state index in [4.69, 9.17) is 4.74 Å². The van der Waals surface area contributed by atoms with E-state index in [1.54, 1.807) is 0 Å². The molecule has 2 aromatic rings. The number of carbonyl (C=O) groups excluding carboxylic acids is 2. The zero-order chi connectivity index (χ0) is 24.5. The summed E-state index contributed by atoms with van der Waals surface area (Å²) >= 11 is 0. The summed E-state index contributed by atoms with van der Waals surface area (Å²) in [6, 6.07) is 16.2. The van der Waals surface area contributed by atoms with Crippen LogP contribution in [0.1, 0.15) is 56.6 Å². The quantitative estimate of drug-likeness (QED) is 0.633. The Kier molecular flexibility index (Phi) is 6.64. The van der Waals surface area contributed by atoms with Gasteiger partial charge in [0.2, 0.25) is 5.91 Å². The van der Waals surface area contributed by atoms with E-state index < -0.39 is 17.6 Å². The average Bonchev–Trinajstić information content (AvgIpc) is 3.38. The number of benzene rings is 2. The molecular formula is C27H32N2O5. The normalized spacial score (nSPS) is 19.3. The van der Waals surface area contributed by atoms with Crippen LogP contribution in [0.5, 0.6) is 0 Å². The molecule has 2 N–H and O–H groups in total. The summed E-state index contributed by atoms with van der Waals surface area (Å²) in [5, 5.41) is 12.4. The van der Waals surface area contributed by atoms with E-state index in [-0.39, 0.29) is 36.8 Å². The lowest BCUT2D eigenvalue weighted by Crippen LogP contribution is -2.51. The molecule has 2 unspecified atom stereocenters. The number of nitrogens with one attached hydrogen (secondary N) is 1. The van der Waals surface area contributed by atoms with Gasteiger partial charge in [0.1, 0.15) is 12.1 Å². The molecule has 2 aliphatic rings. The SMILES string of the molecule is CN(C(=O)CC1CCCC1NC(=O)OCC1c2ccccc2-c2ccccc21)C(C)(C)C(=O)O. The molecule has 0 spiro atoms. The molecule has 0 bridgehead atoms. The molecule has 2 amide bonds. The fourth-order valence-corrected chi connectivity index (χ4v) is 5.08. The number of aliphatic carboxylic acids is 1. The minimum Gasteiger partial charge on any atom is -0.480 e. The molecule has 0 saturated heterocycles. The molecule has 7 nitrogen and oxygen atoms in total. The van der Waals surface area contributed by atoms with Gasteiger partial charge in [0.05, 0.1) is 0 Å². The molecule has 0 heterocycles. The molecule has 2 atom stereocenters. The Labute approximate surface area is 200 Å². The lowest BCUT2D eigenvalue weighted by Gasteiger charge is -2.33. The summed E-state index contributed by atoms with van der Waals surface area (Å²) in [7, 11) is 1.51. The van der Waals surface area contributed by atoms with Gasteiger partial charge in [-0.15, -0.1) is 0 Å². The predicted molar refractivity (Wildman–Crippen MR) is 128 cm³/mol. The number of carbonyl (C=O) groups is 3. The number of alkyl carbamates (subject to hydrolysis) is 1. The molecule has 1 fully saturated rings. The van der Waals surface area contributed by atoms with E-state index in [0.717, 1.165) is 30.4 Å². The highest BCUT2D eigenvalue weighted by Crippen LogP contribution is 2.44. The number of nitrogens with zero attached hydrogens (tertiary/aromatic N) is 1. The van der Waals surface area contributed by atoms with Crippen LogP contribution in [0.15, 0.2) is 48.5 Å². The van der Waals surface area contributed by atoms with Gasteiger partial charge >= 0.3 is 12.1 Å². The number of amides is 2. The van der Waals surface area contributed by atoms with Crippen LogP contribution in [-0.2, 0) is 14.3 Å². The number of ether oxygens (including phenoxy) is 1. The fourth-order valence-electron chi connectivity index (χ4n) is 5.08. The van der Waals surface area contributed by atoms with Crippen LogP contribution in [0.25, 0.3) is 11.1 Å². The van der Waals surface area contributed by atoms with Crippen molar-refractivity contribution in [2.45, 2.75) is 57.0 Å². The number of carboxylic acid groups (broad SMARTS) is 1. The smallest absolute Gasteiger partial charge is 0.407 e. The van der Waals surface area contributed by atoms with Crippen molar-refractivity contribution in [3.63, 3.8) is 0 Å². The highest BCUT2D eigenvalue weighted by molar-refractivity contribution is 5.86. The van der Waals surface area contributed by atoms with Crippen molar-refractivity contribution < 1.29 is 24.2 Å². The van der Waals surface area contributed by atoms with Crippen LogP contribution in [0.2, 0.25) is 0 Å². The van der Waals surface area contributed by atoms with Gasteiger partial charge in [0, 0.05) is 25.4 Å². The lowest BCUT2D eigenvalue weighted by molar-refractivity contribution is -0.155. The fraction of sp³-hybridized carbons (Fsp3) is 0.444. The van der Waals surface area contributed by atoms with Gasteiger partial charge in [0.15, 0.2) is 0 Å². The second-order valence-corrected chi connectivity index (χ2v) is 9.79. The van der Waals surface area contributed by atoms with Gasteiger partial charge in [0.25, 0.3) is 0 Å². The third-order valence-corrected chi connectivity index (χ3v) is 7.48. The first-order valence-corrected chi connectivity index (χ1v) is 11.8. The van der Waals surface area contributed by atoms with Crippen molar-refractivity contribution in [2.24, 2.45) is 5.92 Å². The average molecular weight is 465 g/mol. The second-order valence-electron chi connectivity index (χ2n) is 9.79. The molecule has 4 rings (SSSR count). The first-order chi connectivity index (χ1) is 16.2. The number of fused-ring (bicyclic) bond motifs is 3. The maximum atomic E-state index is 12.7. The molecule has 2 aromatic carbocycles. The van der Waals surface area contributed by atoms with Crippen LogP contribution in [0.4, 0.5) is 4.79 Å². The Balaban J connectivity index is 1.35. The Bertz CT molecular complexity index is 1050.